The third-order valence-corrected chi connectivity index (χ3v) is 5.50. The molecular formula is C22H23F4N5O3. The minimum atomic E-state index is -5.02. The van der Waals surface area contributed by atoms with Crippen molar-refractivity contribution < 1.29 is 31.8 Å². The number of nitrogens with zero attached hydrogens (tertiary/aromatic N) is 4. The van der Waals surface area contributed by atoms with E-state index in [9.17, 15) is 22.4 Å². The van der Waals surface area contributed by atoms with E-state index in [2.05, 4.69) is 25.0 Å². The van der Waals surface area contributed by atoms with Crippen LogP contribution in [0, 0.1) is 5.82 Å². The van der Waals surface area contributed by atoms with Crippen molar-refractivity contribution in [2.24, 2.45) is 0 Å². The maximum Gasteiger partial charge on any atom is 0.573 e. The number of alkyl halides is 3. The molecule has 0 saturated carbocycles. The molecule has 1 aliphatic heterocycles. The van der Waals surface area contributed by atoms with Gasteiger partial charge in [-0.1, -0.05) is 6.07 Å². The number of aromatic nitrogens is 3. The van der Waals surface area contributed by atoms with E-state index in [1.165, 1.54) is 30.3 Å². The summed E-state index contributed by atoms with van der Waals surface area (Å²) in [4.78, 5) is 19.8. The first kappa shape index (κ1) is 23.7. The average molecular weight is 481 g/mol. The van der Waals surface area contributed by atoms with Crippen LogP contribution in [0.3, 0.4) is 0 Å². The topological polar surface area (TPSA) is 81.0 Å². The van der Waals surface area contributed by atoms with Gasteiger partial charge in [0.2, 0.25) is 0 Å². The Hall–Kier alpha value is -3.41. The van der Waals surface area contributed by atoms with E-state index in [1.807, 2.05) is 6.07 Å². The van der Waals surface area contributed by atoms with Crippen molar-refractivity contribution in [3.05, 3.63) is 53.6 Å². The lowest BCUT2D eigenvalue weighted by Gasteiger charge is -2.27. The lowest BCUT2D eigenvalue weighted by Crippen LogP contribution is -2.32. The van der Waals surface area contributed by atoms with Gasteiger partial charge >= 0.3 is 6.36 Å². The molecule has 4 rings (SSSR count). The van der Waals surface area contributed by atoms with Gasteiger partial charge in [0.25, 0.3) is 5.91 Å². The monoisotopic (exact) mass is 481 g/mol. The fraction of sp³-hybridized carbons (Fsp3) is 0.409. The highest BCUT2D eigenvalue weighted by molar-refractivity contribution is 6.00. The van der Waals surface area contributed by atoms with Gasteiger partial charge < -0.3 is 19.7 Å². The van der Waals surface area contributed by atoms with E-state index in [-0.39, 0.29) is 17.7 Å². The molecule has 8 nitrogen and oxygen atoms in total. The Morgan fingerprint density at radius 3 is 2.65 bits per heavy atom. The molecule has 1 unspecified atom stereocenters. The molecule has 0 spiro atoms. The van der Waals surface area contributed by atoms with Crippen LogP contribution < -0.4 is 15.0 Å². The number of amides is 1. The molecule has 0 radical (unpaired) electrons. The number of carbonyl (C=O) groups excluding carboxylic acids is 1. The van der Waals surface area contributed by atoms with Crippen molar-refractivity contribution in [3.8, 4) is 5.75 Å². The quantitative estimate of drug-likeness (QED) is 0.516. The minimum Gasteiger partial charge on any atom is -0.403 e. The Kier molecular flexibility index (Phi) is 6.87. The molecule has 1 atom stereocenters. The normalized spacial score (nSPS) is 15.4. The predicted molar refractivity (Wildman–Crippen MR) is 114 cm³/mol. The molecule has 2 aromatic heterocycles. The van der Waals surface area contributed by atoms with Gasteiger partial charge in [0, 0.05) is 26.4 Å². The number of benzene rings is 1. The Balaban J connectivity index is 1.56. The minimum absolute atomic E-state index is 0.0453. The maximum atomic E-state index is 14.2. The Morgan fingerprint density at radius 1 is 1.21 bits per heavy atom. The summed E-state index contributed by atoms with van der Waals surface area (Å²) in [5.41, 5.74) is 0.773. The number of rotatable bonds is 7. The number of carbonyl (C=O) groups is 1. The summed E-state index contributed by atoms with van der Waals surface area (Å²) in [5.74, 6) is -1.96. The summed E-state index contributed by atoms with van der Waals surface area (Å²) in [6.07, 6.45) is 1.39. The number of halogens is 4. The van der Waals surface area contributed by atoms with Gasteiger partial charge in [0.05, 0.1) is 18.8 Å². The molecular weight excluding hydrogens is 458 g/mol. The predicted octanol–water partition coefficient (Wildman–Crippen LogP) is 3.87. The second kappa shape index (κ2) is 9.84. The largest absolute Gasteiger partial charge is 0.573 e. The van der Waals surface area contributed by atoms with Crippen LogP contribution in [0.2, 0.25) is 0 Å². The van der Waals surface area contributed by atoms with Gasteiger partial charge in [-0.15, -0.1) is 13.2 Å². The summed E-state index contributed by atoms with van der Waals surface area (Å²) >= 11 is 0. The summed E-state index contributed by atoms with van der Waals surface area (Å²) in [7, 11) is 1.39. The van der Waals surface area contributed by atoms with Crippen molar-refractivity contribution in [3.63, 3.8) is 0 Å². The number of nitrogens with one attached hydrogen (secondary N) is 1. The summed E-state index contributed by atoms with van der Waals surface area (Å²) in [5, 5.41) is 6.89. The third kappa shape index (κ3) is 5.38. The number of methoxy groups -OCH3 is 1. The lowest BCUT2D eigenvalue weighted by molar-refractivity contribution is -0.275. The highest BCUT2D eigenvalue weighted by atomic mass is 19.4. The third-order valence-electron chi connectivity index (χ3n) is 5.50. The number of hydrogen-bond donors (Lipinski definition) is 1. The van der Waals surface area contributed by atoms with Gasteiger partial charge in [-0.3, -0.25) is 4.79 Å². The second-order valence-corrected chi connectivity index (χ2v) is 7.88. The molecule has 1 N–H and O–H groups in total. The number of ether oxygens (including phenoxy) is 2. The first-order valence-electron chi connectivity index (χ1n) is 10.7. The molecule has 3 heterocycles. The SMILES string of the molecule is COCC(NC(=O)c1cnn2ccc(N3CCCCC3)nc12)c1ccc(OC(F)(F)F)c(F)c1. The van der Waals surface area contributed by atoms with Crippen LogP contribution >= 0.6 is 0 Å². The van der Waals surface area contributed by atoms with E-state index >= 15 is 0 Å². The Morgan fingerprint density at radius 2 is 1.97 bits per heavy atom. The molecule has 1 saturated heterocycles. The van der Waals surface area contributed by atoms with E-state index in [1.54, 1.807) is 6.20 Å². The number of anilines is 1. The van der Waals surface area contributed by atoms with Gasteiger partial charge in [-0.2, -0.15) is 5.10 Å². The lowest BCUT2D eigenvalue weighted by atomic mass is 10.1. The Labute approximate surface area is 192 Å². The van der Waals surface area contributed by atoms with Gasteiger partial charge in [0.1, 0.15) is 11.4 Å². The fourth-order valence-electron chi connectivity index (χ4n) is 3.88. The molecule has 1 fully saturated rings. The fourth-order valence-corrected chi connectivity index (χ4v) is 3.88. The van der Waals surface area contributed by atoms with E-state index in [4.69, 9.17) is 4.74 Å². The van der Waals surface area contributed by atoms with Crippen LogP contribution in [0.15, 0.2) is 36.7 Å². The van der Waals surface area contributed by atoms with Gasteiger partial charge in [-0.25, -0.2) is 13.9 Å². The Bertz CT molecular complexity index is 1160. The van der Waals surface area contributed by atoms with Crippen LogP contribution in [-0.2, 0) is 4.74 Å². The van der Waals surface area contributed by atoms with Crippen LogP contribution in [0.25, 0.3) is 5.65 Å². The summed E-state index contributed by atoms with van der Waals surface area (Å²) in [6.45, 7) is 1.72. The van der Waals surface area contributed by atoms with Gasteiger partial charge in [-0.05, 0) is 43.0 Å². The number of hydrogen-bond acceptors (Lipinski definition) is 6. The van der Waals surface area contributed by atoms with Crippen LogP contribution in [0.1, 0.15) is 41.2 Å². The summed E-state index contributed by atoms with van der Waals surface area (Å²) in [6, 6.07) is 3.96. The molecule has 3 aromatic rings. The molecule has 1 amide bonds. The maximum absolute atomic E-state index is 14.2. The van der Waals surface area contributed by atoms with Crippen molar-refractivity contribution in [1.82, 2.24) is 19.9 Å². The van der Waals surface area contributed by atoms with Crippen molar-refractivity contribution in [2.75, 3.05) is 31.7 Å². The smallest absolute Gasteiger partial charge is 0.403 e. The standard InChI is InChI=1S/C22H23F4N5O3/c1-33-13-17(14-5-6-18(16(23)11-14)34-22(24,25)26)28-21(32)15-12-27-31-10-7-19(29-20(15)31)30-8-3-2-4-9-30/h5-7,10-12,17H,2-4,8-9,13H2,1H3,(H,28,32). The number of fused-ring (bicyclic) bond motifs is 1. The first-order chi connectivity index (χ1) is 16.2. The molecule has 34 heavy (non-hydrogen) atoms. The van der Waals surface area contributed by atoms with E-state index in [0.29, 0.717) is 5.65 Å². The van der Waals surface area contributed by atoms with E-state index < -0.39 is 29.9 Å². The molecule has 1 aromatic carbocycles. The highest BCUT2D eigenvalue weighted by Gasteiger charge is 2.32. The summed E-state index contributed by atoms with van der Waals surface area (Å²) < 4.78 is 61.7. The molecule has 182 valence electrons. The van der Waals surface area contributed by atoms with E-state index in [0.717, 1.165) is 43.9 Å². The zero-order valence-corrected chi connectivity index (χ0v) is 18.3. The van der Waals surface area contributed by atoms with Crippen molar-refractivity contribution in [2.45, 2.75) is 31.7 Å². The number of piperidine rings is 1. The zero-order chi connectivity index (χ0) is 24.3. The second-order valence-electron chi connectivity index (χ2n) is 7.88. The highest BCUT2D eigenvalue weighted by Crippen LogP contribution is 2.28. The van der Waals surface area contributed by atoms with Gasteiger partial charge in [0.15, 0.2) is 17.2 Å². The molecule has 12 heteroatoms. The molecule has 1 aliphatic rings. The van der Waals surface area contributed by atoms with Crippen LogP contribution in [0.4, 0.5) is 23.4 Å². The van der Waals surface area contributed by atoms with Crippen LogP contribution in [-0.4, -0.2) is 53.7 Å². The molecule has 0 bridgehead atoms. The average Bonchev–Trinajstić information content (AvgIpc) is 3.23. The van der Waals surface area contributed by atoms with Crippen molar-refractivity contribution in [1.29, 1.82) is 0 Å². The molecule has 0 aliphatic carbocycles. The first-order valence-corrected chi connectivity index (χ1v) is 10.7. The van der Waals surface area contributed by atoms with Crippen molar-refractivity contribution >= 4 is 17.4 Å². The van der Waals surface area contributed by atoms with Crippen LogP contribution in [0.5, 0.6) is 5.75 Å². The zero-order valence-electron chi connectivity index (χ0n) is 18.3.